The number of nitrogens with one attached hydrogen (secondary N) is 3. The van der Waals surface area contributed by atoms with Gasteiger partial charge < -0.3 is 42.0 Å². The highest BCUT2D eigenvalue weighted by molar-refractivity contribution is 6.01. The van der Waals surface area contributed by atoms with E-state index >= 15 is 0 Å². The molecule has 4 aromatic rings. The molecule has 0 aliphatic rings. The van der Waals surface area contributed by atoms with E-state index in [1.807, 2.05) is 44.2 Å². The fraction of sp³-hybridized carbons (Fsp3) is 0.324. The van der Waals surface area contributed by atoms with E-state index in [-0.39, 0.29) is 65.0 Å². The Morgan fingerprint density at radius 1 is 0.961 bits per heavy atom. The summed E-state index contributed by atoms with van der Waals surface area (Å²) in [6, 6.07) is 15.6. The molecule has 1 heterocycles. The lowest BCUT2D eigenvalue weighted by atomic mass is 10.00. The van der Waals surface area contributed by atoms with Crippen LogP contribution >= 0.6 is 0 Å². The molecule has 13 nitrogen and oxygen atoms in total. The Kier molecular flexibility index (Phi) is 13.3. The predicted molar refractivity (Wildman–Crippen MR) is 192 cm³/mol. The highest BCUT2D eigenvalue weighted by Gasteiger charge is 2.28. The van der Waals surface area contributed by atoms with Crippen molar-refractivity contribution in [3.8, 4) is 16.9 Å². The first-order valence-electron chi connectivity index (χ1n) is 16.5. The molecule has 9 N–H and O–H groups in total. The Morgan fingerprint density at radius 2 is 1.67 bits per heavy atom. The Bertz CT molecular complexity index is 1910. The SMILES string of the molecule is CC(C)C[C@@H](NC[C@@H](Cc1ccccc1)NC(=O)c1oc2cc(O)ccc2c(=O)c1-c1ccc(F)cc1)C(=O)N[C@H](CCCN=C(N)N)C(=O)O. The predicted octanol–water partition coefficient (Wildman–Crippen LogP) is 3.27. The van der Waals surface area contributed by atoms with Crippen LogP contribution in [0.3, 0.4) is 0 Å². The van der Waals surface area contributed by atoms with Crippen molar-refractivity contribution in [2.45, 2.75) is 57.7 Å². The third-order valence-corrected chi connectivity index (χ3v) is 8.07. The summed E-state index contributed by atoms with van der Waals surface area (Å²) < 4.78 is 19.8. The number of nitrogens with zero attached hydrogens (tertiary/aromatic N) is 1. The summed E-state index contributed by atoms with van der Waals surface area (Å²) in [6.07, 6.45) is 1.09. The molecule has 0 aliphatic heterocycles. The number of phenolic OH excluding ortho intramolecular Hbond substituents is 1. The number of guanidine groups is 1. The minimum atomic E-state index is -1.20. The van der Waals surface area contributed by atoms with E-state index in [9.17, 15) is 33.8 Å². The van der Waals surface area contributed by atoms with Gasteiger partial charge in [0.15, 0.2) is 5.96 Å². The minimum Gasteiger partial charge on any atom is -0.508 e. The normalized spacial score (nSPS) is 12.9. The van der Waals surface area contributed by atoms with Crippen molar-refractivity contribution in [3.05, 3.63) is 100 Å². The van der Waals surface area contributed by atoms with Crippen LogP contribution in [0, 0.1) is 11.7 Å². The fourth-order valence-electron chi connectivity index (χ4n) is 5.62. The van der Waals surface area contributed by atoms with Gasteiger partial charge in [-0.1, -0.05) is 56.3 Å². The van der Waals surface area contributed by atoms with E-state index in [2.05, 4.69) is 20.9 Å². The molecule has 0 radical (unpaired) electrons. The van der Waals surface area contributed by atoms with Crippen LogP contribution in [0.25, 0.3) is 22.1 Å². The van der Waals surface area contributed by atoms with Gasteiger partial charge in [0, 0.05) is 25.2 Å². The number of nitrogens with two attached hydrogens (primary N) is 2. The second kappa shape index (κ2) is 17.8. The Morgan fingerprint density at radius 3 is 2.31 bits per heavy atom. The molecule has 0 bridgehead atoms. The van der Waals surface area contributed by atoms with Crippen molar-refractivity contribution >= 4 is 34.7 Å². The van der Waals surface area contributed by atoms with Gasteiger partial charge in [-0.05, 0) is 67.0 Å². The van der Waals surface area contributed by atoms with Crippen LogP contribution in [-0.4, -0.2) is 65.2 Å². The van der Waals surface area contributed by atoms with Crippen LogP contribution < -0.4 is 32.8 Å². The van der Waals surface area contributed by atoms with Crippen molar-refractivity contribution in [1.29, 1.82) is 0 Å². The van der Waals surface area contributed by atoms with Crippen molar-refractivity contribution in [2.24, 2.45) is 22.4 Å². The topological polar surface area (TPSA) is 222 Å². The maximum absolute atomic E-state index is 14.1. The number of carboxylic acids is 1. The lowest BCUT2D eigenvalue weighted by molar-refractivity contribution is -0.142. The summed E-state index contributed by atoms with van der Waals surface area (Å²) >= 11 is 0. The van der Waals surface area contributed by atoms with Crippen LogP contribution in [0.4, 0.5) is 4.39 Å². The number of hydrogen-bond acceptors (Lipinski definition) is 8. The number of aromatic hydroxyl groups is 1. The summed E-state index contributed by atoms with van der Waals surface area (Å²) in [7, 11) is 0. The highest BCUT2D eigenvalue weighted by Crippen LogP contribution is 2.27. The molecule has 3 atom stereocenters. The van der Waals surface area contributed by atoms with Crippen LogP contribution in [-0.2, 0) is 16.0 Å². The Labute approximate surface area is 293 Å². The quantitative estimate of drug-likeness (QED) is 0.0483. The largest absolute Gasteiger partial charge is 0.508 e. The van der Waals surface area contributed by atoms with Crippen molar-refractivity contribution < 1.29 is 33.4 Å². The van der Waals surface area contributed by atoms with Crippen molar-refractivity contribution in [2.75, 3.05) is 13.1 Å². The monoisotopic (exact) mass is 702 g/mol. The molecular formula is C37H43FN6O7. The van der Waals surface area contributed by atoms with Gasteiger partial charge in [0.25, 0.3) is 5.91 Å². The first-order chi connectivity index (χ1) is 24.3. The van der Waals surface area contributed by atoms with E-state index in [0.29, 0.717) is 19.3 Å². The second-order valence-electron chi connectivity index (χ2n) is 12.6. The van der Waals surface area contributed by atoms with Gasteiger partial charge in [0.2, 0.25) is 17.1 Å². The van der Waals surface area contributed by atoms with Crippen LogP contribution in [0.15, 0.2) is 87.0 Å². The number of aliphatic imine (C=N–C) groups is 1. The first kappa shape index (κ1) is 38.0. The third kappa shape index (κ3) is 10.9. The van der Waals surface area contributed by atoms with Gasteiger partial charge in [-0.25, -0.2) is 9.18 Å². The van der Waals surface area contributed by atoms with Gasteiger partial charge in [-0.3, -0.25) is 19.4 Å². The molecule has 51 heavy (non-hydrogen) atoms. The molecule has 3 aromatic carbocycles. The number of carbonyl (C=O) groups excluding carboxylic acids is 2. The second-order valence-corrected chi connectivity index (χ2v) is 12.6. The zero-order chi connectivity index (χ0) is 37.1. The fourth-order valence-corrected chi connectivity index (χ4v) is 5.62. The van der Waals surface area contributed by atoms with Gasteiger partial charge in [-0.15, -0.1) is 0 Å². The average molecular weight is 703 g/mol. The zero-order valence-electron chi connectivity index (χ0n) is 28.4. The molecule has 0 unspecified atom stereocenters. The number of carboxylic acid groups (broad SMARTS) is 1. The first-order valence-corrected chi connectivity index (χ1v) is 16.5. The highest BCUT2D eigenvalue weighted by atomic mass is 19.1. The molecule has 0 aliphatic carbocycles. The van der Waals surface area contributed by atoms with Gasteiger partial charge >= 0.3 is 5.97 Å². The van der Waals surface area contributed by atoms with Gasteiger partial charge in [0.05, 0.1) is 17.0 Å². The van der Waals surface area contributed by atoms with Gasteiger partial charge in [-0.2, -0.15) is 0 Å². The number of aliphatic carboxylic acids is 1. The summed E-state index contributed by atoms with van der Waals surface area (Å²) in [5.74, 6) is -3.60. The molecule has 2 amide bonds. The third-order valence-electron chi connectivity index (χ3n) is 8.07. The average Bonchev–Trinajstić information content (AvgIpc) is 3.08. The number of carbonyl (C=O) groups is 3. The molecule has 4 rings (SSSR count). The number of rotatable bonds is 17. The summed E-state index contributed by atoms with van der Waals surface area (Å²) in [5, 5.41) is 28.7. The number of benzene rings is 3. The summed E-state index contributed by atoms with van der Waals surface area (Å²) in [5.41, 5.74) is 11.1. The number of halogens is 1. The van der Waals surface area contributed by atoms with Crippen molar-refractivity contribution in [3.63, 3.8) is 0 Å². The van der Waals surface area contributed by atoms with Gasteiger partial charge in [0.1, 0.15) is 23.2 Å². The molecule has 0 spiro atoms. The van der Waals surface area contributed by atoms with Crippen LogP contribution in [0.1, 0.15) is 49.2 Å². The van der Waals surface area contributed by atoms with E-state index in [0.717, 1.165) is 5.56 Å². The molecular weight excluding hydrogens is 659 g/mol. The zero-order valence-corrected chi connectivity index (χ0v) is 28.4. The summed E-state index contributed by atoms with van der Waals surface area (Å²) in [6.45, 7) is 4.12. The Balaban J connectivity index is 1.63. The standard InChI is InChI=1S/C37H43FN6O7/c1-21(2)17-29(34(47)44-28(36(49)50)9-6-16-41-37(39)40)42-20-25(18-22-7-4-3-5-8-22)43-35(48)33-31(23-10-12-24(38)13-11-23)32(46)27-15-14-26(45)19-30(27)51-33/h3-5,7-8,10-15,19,21,25,28-29,42,45H,6,9,16-18,20H2,1-2H3,(H,43,48)(H,44,47)(H,49,50)(H4,39,40,41)/t25-,28-,29-/m1/s1. The van der Waals surface area contributed by atoms with E-state index < -0.39 is 47.2 Å². The lowest BCUT2D eigenvalue weighted by Gasteiger charge is -2.26. The molecule has 14 heteroatoms. The number of amides is 2. The molecule has 0 saturated carbocycles. The molecule has 0 fully saturated rings. The molecule has 0 saturated heterocycles. The van der Waals surface area contributed by atoms with Crippen LogP contribution in [0.2, 0.25) is 0 Å². The van der Waals surface area contributed by atoms with E-state index in [4.69, 9.17) is 15.9 Å². The Hall–Kier alpha value is -5.76. The number of fused-ring (bicyclic) bond motifs is 1. The smallest absolute Gasteiger partial charge is 0.326 e. The van der Waals surface area contributed by atoms with Crippen LogP contribution in [0.5, 0.6) is 5.75 Å². The van der Waals surface area contributed by atoms with E-state index in [1.54, 1.807) is 0 Å². The van der Waals surface area contributed by atoms with Crippen molar-refractivity contribution in [1.82, 2.24) is 16.0 Å². The summed E-state index contributed by atoms with van der Waals surface area (Å²) in [4.78, 5) is 57.1. The lowest BCUT2D eigenvalue weighted by Crippen LogP contribution is -2.54. The minimum absolute atomic E-state index is 0.0197. The number of phenols is 1. The molecule has 270 valence electrons. The maximum Gasteiger partial charge on any atom is 0.326 e. The molecule has 1 aromatic heterocycles. The van der Waals surface area contributed by atoms with E-state index in [1.165, 1.54) is 42.5 Å². The number of hydrogen-bond donors (Lipinski definition) is 7. The maximum atomic E-state index is 14.1.